The summed E-state index contributed by atoms with van der Waals surface area (Å²) in [5.41, 5.74) is 12.2. The summed E-state index contributed by atoms with van der Waals surface area (Å²) in [6.07, 6.45) is 3.97. The molecule has 0 bridgehead atoms. The number of para-hydroxylation sites is 1. The lowest BCUT2D eigenvalue weighted by Crippen LogP contribution is -2.05. The van der Waals surface area contributed by atoms with Gasteiger partial charge in [-0.1, -0.05) is 30.3 Å². The van der Waals surface area contributed by atoms with Crippen molar-refractivity contribution < 1.29 is 0 Å². The molecule has 0 fully saturated rings. The maximum absolute atomic E-state index is 6.12. The molecular formula is C18H17N3. The molecule has 3 aromatic rings. The SMILES string of the molecule is NC1CCc2cc(-c3ccnn3-c3ccccc3)ccc21. The molecule has 0 amide bonds. The normalized spacial score (nSPS) is 16.9. The van der Waals surface area contributed by atoms with Crippen molar-refractivity contribution in [2.75, 3.05) is 0 Å². The fourth-order valence-electron chi connectivity index (χ4n) is 3.11. The van der Waals surface area contributed by atoms with E-state index in [-0.39, 0.29) is 6.04 Å². The number of rotatable bonds is 2. The topological polar surface area (TPSA) is 43.8 Å². The monoisotopic (exact) mass is 275 g/mol. The van der Waals surface area contributed by atoms with E-state index < -0.39 is 0 Å². The average molecular weight is 275 g/mol. The van der Waals surface area contributed by atoms with Gasteiger partial charge in [0.05, 0.1) is 17.6 Å². The Morgan fingerprint density at radius 3 is 2.76 bits per heavy atom. The number of aryl methyl sites for hydroxylation is 1. The van der Waals surface area contributed by atoms with Crippen LogP contribution in [0.25, 0.3) is 16.9 Å². The van der Waals surface area contributed by atoms with Crippen molar-refractivity contribution in [3.05, 3.63) is 71.9 Å². The predicted molar refractivity (Wildman–Crippen MR) is 84.2 cm³/mol. The van der Waals surface area contributed by atoms with Gasteiger partial charge >= 0.3 is 0 Å². The van der Waals surface area contributed by atoms with Crippen molar-refractivity contribution in [2.24, 2.45) is 5.73 Å². The predicted octanol–water partition coefficient (Wildman–Crippen LogP) is 3.49. The first-order valence-corrected chi connectivity index (χ1v) is 7.31. The minimum atomic E-state index is 0.202. The quantitative estimate of drug-likeness (QED) is 0.778. The van der Waals surface area contributed by atoms with Crippen LogP contribution in [0.4, 0.5) is 0 Å². The Morgan fingerprint density at radius 1 is 1.05 bits per heavy atom. The van der Waals surface area contributed by atoms with Crippen LogP contribution in [-0.2, 0) is 6.42 Å². The summed E-state index contributed by atoms with van der Waals surface area (Å²) >= 11 is 0. The van der Waals surface area contributed by atoms with Crippen molar-refractivity contribution in [2.45, 2.75) is 18.9 Å². The molecule has 2 aromatic carbocycles. The van der Waals surface area contributed by atoms with E-state index >= 15 is 0 Å². The number of aromatic nitrogens is 2. The zero-order valence-corrected chi connectivity index (χ0v) is 11.7. The smallest absolute Gasteiger partial charge is 0.0741 e. The Labute approximate surface area is 124 Å². The van der Waals surface area contributed by atoms with Crippen LogP contribution in [0.5, 0.6) is 0 Å². The zero-order valence-electron chi connectivity index (χ0n) is 11.7. The van der Waals surface area contributed by atoms with E-state index in [9.17, 15) is 0 Å². The van der Waals surface area contributed by atoms with Gasteiger partial charge in [0.1, 0.15) is 0 Å². The van der Waals surface area contributed by atoms with Gasteiger partial charge in [0.25, 0.3) is 0 Å². The van der Waals surface area contributed by atoms with Crippen molar-refractivity contribution in [3.63, 3.8) is 0 Å². The van der Waals surface area contributed by atoms with Crippen LogP contribution in [0.3, 0.4) is 0 Å². The molecule has 1 aromatic heterocycles. The van der Waals surface area contributed by atoms with E-state index in [1.165, 1.54) is 16.7 Å². The fraction of sp³-hybridized carbons (Fsp3) is 0.167. The molecule has 1 atom stereocenters. The Kier molecular flexibility index (Phi) is 2.86. The highest BCUT2D eigenvalue weighted by atomic mass is 15.3. The Bertz CT molecular complexity index is 774. The Hall–Kier alpha value is -2.39. The highest BCUT2D eigenvalue weighted by Crippen LogP contribution is 2.33. The van der Waals surface area contributed by atoms with E-state index in [1.807, 2.05) is 29.1 Å². The van der Waals surface area contributed by atoms with Crippen molar-refractivity contribution in [1.82, 2.24) is 9.78 Å². The average Bonchev–Trinajstić information content (AvgIpc) is 3.15. The second kappa shape index (κ2) is 4.86. The van der Waals surface area contributed by atoms with Crippen molar-refractivity contribution >= 4 is 0 Å². The lowest BCUT2D eigenvalue weighted by Gasteiger charge is -2.10. The largest absolute Gasteiger partial charge is 0.324 e. The van der Waals surface area contributed by atoms with Gasteiger partial charge in [-0.3, -0.25) is 0 Å². The number of fused-ring (bicyclic) bond motifs is 1. The molecule has 3 nitrogen and oxygen atoms in total. The summed E-state index contributed by atoms with van der Waals surface area (Å²) in [6.45, 7) is 0. The van der Waals surface area contributed by atoms with Crippen LogP contribution in [0.15, 0.2) is 60.8 Å². The first kappa shape index (κ1) is 12.4. The molecule has 0 radical (unpaired) electrons. The van der Waals surface area contributed by atoms with E-state index in [0.29, 0.717) is 0 Å². The molecule has 4 rings (SSSR count). The maximum Gasteiger partial charge on any atom is 0.0741 e. The first-order valence-electron chi connectivity index (χ1n) is 7.31. The van der Waals surface area contributed by atoms with E-state index in [2.05, 4.69) is 41.5 Å². The first-order chi connectivity index (χ1) is 10.3. The van der Waals surface area contributed by atoms with Gasteiger partial charge in [0, 0.05) is 11.6 Å². The molecule has 0 spiro atoms. The van der Waals surface area contributed by atoms with Crippen molar-refractivity contribution in [3.8, 4) is 16.9 Å². The third-order valence-corrected chi connectivity index (χ3v) is 4.21. The number of hydrogen-bond donors (Lipinski definition) is 1. The summed E-state index contributed by atoms with van der Waals surface area (Å²) in [5, 5.41) is 4.46. The Balaban J connectivity index is 1.81. The van der Waals surface area contributed by atoms with E-state index in [4.69, 9.17) is 5.73 Å². The standard InChI is InChI=1S/C18H17N3/c19-17-9-7-13-12-14(6-8-16(13)17)18-10-11-20-21(18)15-4-2-1-3-5-15/h1-6,8,10-12,17H,7,9,19H2. The molecule has 104 valence electrons. The van der Waals surface area contributed by atoms with E-state index in [0.717, 1.165) is 24.2 Å². The van der Waals surface area contributed by atoms with E-state index in [1.54, 1.807) is 0 Å². The lowest BCUT2D eigenvalue weighted by atomic mass is 10.0. The van der Waals surface area contributed by atoms with Gasteiger partial charge in [0.15, 0.2) is 0 Å². The number of hydrogen-bond acceptors (Lipinski definition) is 2. The second-order valence-electron chi connectivity index (χ2n) is 5.52. The molecule has 0 aliphatic heterocycles. The van der Waals surface area contributed by atoms with Gasteiger partial charge in [-0.25, -0.2) is 4.68 Å². The summed E-state index contributed by atoms with van der Waals surface area (Å²) in [5.74, 6) is 0. The molecule has 1 heterocycles. The third kappa shape index (κ3) is 2.06. The molecule has 0 saturated carbocycles. The van der Waals surface area contributed by atoms with Gasteiger partial charge in [-0.05, 0) is 48.2 Å². The second-order valence-corrected chi connectivity index (χ2v) is 5.52. The van der Waals surface area contributed by atoms with Gasteiger partial charge < -0.3 is 5.73 Å². The number of nitrogens with two attached hydrogens (primary N) is 1. The van der Waals surface area contributed by atoms with Gasteiger partial charge in [-0.2, -0.15) is 5.10 Å². The van der Waals surface area contributed by atoms with Gasteiger partial charge in [0.2, 0.25) is 0 Å². The van der Waals surface area contributed by atoms with Crippen LogP contribution in [0.2, 0.25) is 0 Å². The summed E-state index contributed by atoms with van der Waals surface area (Å²) in [4.78, 5) is 0. The zero-order chi connectivity index (χ0) is 14.2. The number of benzene rings is 2. The minimum absolute atomic E-state index is 0.202. The van der Waals surface area contributed by atoms with Crippen LogP contribution < -0.4 is 5.73 Å². The third-order valence-electron chi connectivity index (χ3n) is 4.21. The van der Waals surface area contributed by atoms with Crippen molar-refractivity contribution in [1.29, 1.82) is 0 Å². The van der Waals surface area contributed by atoms with Crippen LogP contribution in [0, 0.1) is 0 Å². The van der Waals surface area contributed by atoms with Crippen LogP contribution >= 0.6 is 0 Å². The summed E-state index contributed by atoms with van der Waals surface area (Å²) in [7, 11) is 0. The highest BCUT2D eigenvalue weighted by Gasteiger charge is 2.19. The molecule has 2 N–H and O–H groups in total. The fourth-order valence-corrected chi connectivity index (χ4v) is 3.11. The molecule has 1 aliphatic rings. The molecular weight excluding hydrogens is 258 g/mol. The molecule has 1 aliphatic carbocycles. The lowest BCUT2D eigenvalue weighted by molar-refractivity contribution is 0.713. The minimum Gasteiger partial charge on any atom is -0.324 e. The molecule has 3 heteroatoms. The molecule has 0 saturated heterocycles. The highest BCUT2D eigenvalue weighted by molar-refractivity contribution is 5.64. The summed E-state index contributed by atoms with van der Waals surface area (Å²) < 4.78 is 1.98. The van der Waals surface area contributed by atoms with Gasteiger partial charge in [-0.15, -0.1) is 0 Å². The molecule has 21 heavy (non-hydrogen) atoms. The summed E-state index contributed by atoms with van der Waals surface area (Å²) in [6, 6.07) is 19.1. The Morgan fingerprint density at radius 2 is 1.90 bits per heavy atom. The van der Waals surface area contributed by atoms with Crippen LogP contribution in [0.1, 0.15) is 23.6 Å². The number of nitrogens with zero attached hydrogens (tertiary/aromatic N) is 2. The maximum atomic E-state index is 6.12. The molecule has 1 unspecified atom stereocenters. The van der Waals surface area contributed by atoms with Crippen LogP contribution in [-0.4, -0.2) is 9.78 Å².